The van der Waals surface area contributed by atoms with E-state index in [1.165, 1.54) is 0 Å². The highest BCUT2D eigenvalue weighted by molar-refractivity contribution is 6.37. The van der Waals surface area contributed by atoms with Gasteiger partial charge in [0.15, 0.2) is 17.2 Å². The van der Waals surface area contributed by atoms with Crippen LogP contribution in [0.25, 0.3) is 0 Å². The van der Waals surface area contributed by atoms with Crippen LogP contribution in [0.2, 0.25) is 10.0 Å². The van der Waals surface area contributed by atoms with Crippen molar-refractivity contribution in [2.45, 2.75) is 13.2 Å². The summed E-state index contributed by atoms with van der Waals surface area (Å²) in [7, 11) is 0. The van der Waals surface area contributed by atoms with E-state index in [1.807, 2.05) is 60.7 Å². The molecule has 4 rings (SSSR count). The van der Waals surface area contributed by atoms with Gasteiger partial charge in [-0.15, -0.1) is 0 Å². The van der Waals surface area contributed by atoms with E-state index < -0.39 is 0 Å². The smallest absolute Gasteiger partial charge is 0.231 e. The van der Waals surface area contributed by atoms with Crippen LogP contribution in [-0.2, 0) is 13.2 Å². The van der Waals surface area contributed by atoms with Gasteiger partial charge < -0.3 is 19.5 Å². The topological polar surface area (TPSA) is 39.7 Å². The Hall–Kier alpha value is -2.56. The average molecular weight is 402 g/mol. The molecule has 0 fully saturated rings. The number of fused-ring (bicyclic) bond motifs is 1. The lowest BCUT2D eigenvalue weighted by atomic mass is 10.2. The average Bonchev–Trinajstić information content (AvgIpc) is 3.14. The van der Waals surface area contributed by atoms with Gasteiger partial charge in [-0.1, -0.05) is 53.5 Å². The van der Waals surface area contributed by atoms with Crippen LogP contribution in [0.15, 0.2) is 60.7 Å². The number of anilines is 1. The van der Waals surface area contributed by atoms with E-state index in [0.29, 0.717) is 28.9 Å². The fourth-order valence-electron chi connectivity index (χ4n) is 2.79. The summed E-state index contributed by atoms with van der Waals surface area (Å²) >= 11 is 12.8. The Labute approximate surface area is 167 Å². The molecule has 0 radical (unpaired) electrons. The zero-order valence-electron chi connectivity index (χ0n) is 14.4. The Bertz CT molecular complexity index is 924. The first-order valence-corrected chi connectivity index (χ1v) is 9.23. The van der Waals surface area contributed by atoms with E-state index >= 15 is 0 Å². The second kappa shape index (κ2) is 7.99. The fraction of sp³-hybridized carbons (Fsp3) is 0.143. The number of rotatable bonds is 6. The molecule has 0 amide bonds. The zero-order valence-corrected chi connectivity index (χ0v) is 15.9. The van der Waals surface area contributed by atoms with Gasteiger partial charge in [0, 0.05) is 18.3 Å². The summed E-state index contributed by atoms with van der Waals surface area (Å²) in [4.78, 5) is 0. The lowest BCUT2D eigenvalue weighted by molar-refractivity contribution is 0.174. The van der Waals surface area contributed by atoms with Crippen molar-refractivity contribution in [2.24, 2.45) is 0 Å². The molecule has 0 saturated heterocycles. The van der Waals surface area contributed by atoms with E-state index in [9.17, 15) is 0 Å². The first-order chi connectivity index (χ1) is 13.2. The Morgan fingerprint density at radius 1 is 0.852 bits per heavy atom. The van der Waals surface area contributed by atoms with Crippen LogP contribution in [0.1, 0.15) is 11.1 Å². The molecule has 0 atom stereocenters. The molecular weight excluding hydrogens is 385 g/mol. The third-order valence-electron chi connectivity index (χ3n) is 4.15. The second-order valence-electron chi connectivity index (χ2n) is 6.08. The quantitative estimate of drug-likeness (QED) is 0.556. The first kappa shape index (κ1) is 17.8. The third kappa shape index (κ3) is 4.24. The fourth-order valence-corrected chi connectivity index (χ4v) is 3.43. The van der Waals surface area contributed by atoms with Crippen molar-refractivity contribution in [1.29, 1.82) is 0 Å². The van der Waals surface area contributed by atoms with Crippen LogP contribution in [0, 0.1) is 0 Å². The molecule has 3 aromatic carbocycles. The molecule has 0 saturated carbocycles. The molecule has 1 aliphatic heterocycles. The van der Waals surface area contributed by atoms with Gasteiger partial charge in [0.2, 0.25) is 6.79 Å². The number of benzene rings is 3. The van der Waals surface area contributed by atoms with Crippen LogP contribution in [-0.4, -0.2) is 6.79 Å². The van der Waals surface area contributed by atoms with E-state index in [-0.39, 0.29) is 6.79 Å². The van der Waals surface area contributed by atoms with Gasteiger partial charge in [-0.05, 0) is 35.4 Å². The number of nitrogens with one attached hydrogen (secondary N) is 1. The van der Waals surface area contributed by atoms with E-state index in [0.717, 1.165) is 28.3 Å². The Balaban J connectivity index is 1.42. The van der Waals surface area contributed by atoms with E-state index in [1.54, 1.807) is 0 Å². The van der Waals surface area contributed by atoms with Crippen LogP contribution in [0.4, 0.5) is 5.69 Å². The lowest BCUT2D eigenvalue weighted by Gasteiger charge is -2.13. The molecule has 0 aromatic heterocycles. The summed E-state index contributed by atoms with van der Waals surface area (Å²) in [5.74, 6) is 1.99. The number of hydrogen-bond donors (Lipinski definition) is 1. The van der Waals surface area contributed by atoms with Gasteiger partial charge in [-0.25, -0.2) is 0 Å². The highest BCUT2D eigenvalue weighted by Gasteiger charge is 2.14. The number of hydrogen-bond acceptors (Lipinski definition) is 4. The Morgan fingerprint density at radius 2 is 1.59 bits per heavy atom. The zero-order chi connectivity index (χ0) is 18.6. The highest BCUT2D eigenvalue weighted by atomic mass is 35.5. The van der Waals surface area contributed by atoms with Crippen molar-refractivity contribution in [3.63, 3.8) is 0 Å². The van der Waals surface area contributed by atoms with Gasteiger partial charge in [0.25, 0.3) is 0 Å². The molecule has 1 N–H and O–H groups in total. The SMILES string of the molecule is Clc1cc(CNc2ccc3c(c2)OCO3)cc(Cl)c1OCc1ccccc1. The standard InChI is InChI=1S/C21H17Cl2NO3/c22-17-8-15(11-24-16-6-7-19-20(10-16)27-13-26-19)9-18(23)21(17)25-12-14-4-2-1-3-5-14/h1-10,24H,11-13H2. The monoisotopic (exact) mass is 401 g/mol. The Kier molecular flexibility index (Phi) is 5.28. The molecule has 27 heavy (non-hydrogen) atoms. The highest BCUT2D eigenvalue weighted by Crippen LogP contribution is 2.36. The van der Waals surface area contributed by atoms with Crippen molar-refractivity contribution in [3.05, 3.63) is 81.8 Å². The van der Waals surface area contributed by atoms with Gasteiger partial charge in [-0.2, -0.15) is 0 Å². The summed E-state index contributed by atoms with van der Waals surface area (Å²) < 4.78 is 16.5. The Morgan fingerprint density at radius 3 is 2.37 bits per heavy atom. The minimum Gasteiger partial charge on any atom is -0.486 e. The molecule has 6 heteroatoms. The van der Waals surface area contributed by atoms with Crippen LogP contribution in [0.3, 0.4) is 0 Å². The van der Waals surface area contributed by atoms with Gasteiger partial charge in [-0.3, -0.25) is 0 Å². The lowest BCUT2D eigenvalue weighted by Crippen LogP contribution is -2.01. The summed E-state index contributed by atoms with van der Waals surface area (Å²) in [6.45, 7) is 1.24. The van der Waals surface area contributed by atoms with Crippen molar-refractivity contribution >= 4 is 28.9 Å². The van der Waals surface area contributed by atoms with Crippen LogP contribution in [0.5, 0.6) is 17.2 Å². The predicted molar refractivity (Wildman–Crippen MR) is 107 cm³/mol. The molecule has 1 aliphatic rings. The first-order valence-electron chi connectivity index (χ1n) is 8.47. The normalized spacial score (nSPS) is 12.1. The van der Waals surface area contributed by atoms with Gasteiger partial charge in [0.1, 0.15) is 6.61 Å². The summed E-state index contributed by atoms with van der Waals surface area (Å²) in [5.41, 5.74) is 2.93. The predicted octanol–water partition coefficient (Wildman–Crippen LogP) is 5.91. The maximum absolute atomic E-state index is 6.39. The minimum absolute atomic E-state index is 0.258. The van der Waals surface area contributed by atoms with Crippen molar-refractivity contribution in [3.8, 4) is 17.2 Å². The van der Waals surface area contributed by atoms with Crippen molar-refractivity contribution < 1.29 is 14.2 Å². The van der Waals surface area contributed by atoms with Crippen molar-refractivity contribution in [2.75, 3.05) is 12.1 Å². The van der Waals surface area contributed by atoms with Crippen LogP contribution < -0.4 is 19.5 Å². The molecular formula is C21H17Cl2NO3. The summed E-state index contributed by atoms with van der Waals surface area (Å²) in [5, 5.41) is 4.30. The third-order valence-corrected chi connectivity index (χ3v) is 4.71. The molecule has 0 spiro atoms. The maximum atomic E-state index is 6.39. The number of ether oxygens (including phenoxy) is 3. The van der Waals surface area contributed by atoms with E-state index in [4.69, 9.17) is 37.4 Å². The summed E-state index contributed by atoms with van der Waals surface area (Å²) in [6, 6.07) is 19.3. The number of halogens is 2. The van der Waals surface area contributed by atoms with Gasteiger partial charge in [0.05, 0.1) is 10.0 Å². The molecule has 0 bridgehead atoms. The molecule has 1 heterocycles. The second-order valence-corrected chi connectivity index (χ2v) is 6.90. The van der Waals surface area contributed by atoms with Crippen molar-refractivity contribution in [1.82, 2.24) is 0 Å². The van der Waals surface area contributed by atoms with E-state index in [2.05, 4.69) is 5.32 Å². The van der Waals surface area contributed by atoms with Gasteiger partial charge >= 0.3 is 0 Å². The minimum atomic E-state index is 0.258. The molecule has 138 valence electrons. The summed E-state index contributed by atoms with van der Waals surface area (Å²) in [6.07, 6.45) is 0. The molecule has 3 aromatic rings. The molecule has 0 unspecified atom stereocenters. The largest absolute Gasteiger partial charge is 0.486 e. The molecule has 0 aliphatic carbocycles. The molecule has 4 nitrogen and oxygen atoms in total. The maximum Gasteiger partial charge on any atom is 0.231 e. The van der Waals surface area contributed by atoms with Crippen LogP contribution >= 0.6 is 23.2 Å².